The SMILES string of the molecule is CCOC(=O)c1cnc2n(c1=O)C(C)/C(=C/N(C)C)C=C2N(C)c1ccc(C=O)cc1. The summed E-state index contributed by atoms with van der Waals surface area (Å²) in [5, 5.41) is 0. The second kappa shape index (κ2) is 8.99. The smallest absolute Gasteiger partial charge is 0.345 e. The van der Waals surface area contributed by atoms with E-state index in [4.69, 9.17) is 4.74 Å². The monoisotopic (exact) mass is 422 g/mol. The molecule has 8 heteroatoms. The molecule has 31 heavy (non-hydrogen) atoms. The van der Waals surface area contributed by atoms with Crippen molar-refractivity contribution in [3.05, 3.63) is 75.6 Å². The first-order chi connectivity index (χ1) is 14.8. The fourth-order valence-electron chi connectivity index (χ4n) is 3.46. The molecule has 0 amide bonds. The number of rotatable bonds is 6. The number of benzene rings is 1. The summed E-state index contributed by atoms with van der Waals surface area (Å²) >= 11 is 0. The molecule has 2 heterocycles. The normalized spacial score (nSPS) is 16.4. The molecule has 1 aromatic heterocycles. The van der Waals surface area contributed by atoms with Crippen molar-refractivity contribution in [1.82, 2.24) is 14.5 Å². The van der Waals surface area contributed by atoms with Crippen molar-refractivity contribution in [1.29, 1.82) is 0 Å². The number of hydrogen-bond acceptors (Lipinski definition) is 7. The molecule has 1 aromatic carbocycles. The standard InChI is InChI=1S/C23H26N4O4/c1-6-31-23(30)19-12-24-21-20(26(5)18-9-7-16(14-28)8-10-18)11-17(13-25(3)4)15(2)27(21)22(19)29/h7-15H,6H2,1-5H3/b17-13+. The summed E-state index contributed by atoms with van der Waals surface area (Å²) in [6.45, 7) is 3.75. The van der Waals surface area contributed by atoms with Gasteiger partial charge in [-0.2, -0.15) is 0 Å². The first-order valence-corrected chi connectivity index (χ1v) is 9.96. The van der Waals surface area contributed by atoms with Crippen LogP contribution in [0.15, 0.2) is 53.1 Å². The van der Waals surface area contributed by atoms with E-state index >= 15 is 0 Å². The Bertz CT molecular complexity index is 1110. The van der Waals surface area contributed by atoms with E-state index in [1.165, 1.54) is 10.8 Å². The molecule has 0 spiro atoms. The van der Waals surface area contributed by atoms with E-state index in [2.05, 4.69) is 4.98 Å². The fourth-order valence-corrected chi connectivity index (χ4v) is 3.46. The van der Waals surface area contributed by atoms with Crippen LogP contribution in [0.4, 0.5) is 5.69 Å². The topological polar surface area (TPSA) is 84.7 Å². The zero-order valence-electron chi connectivity index (χ0n) is 18.3. The fraction of sp³-hybridized carbons (Fsp3) is 0.304. The highest BCUT2D eigenvalue weighted by Crippen LogP contribution is 2.33. The van der Waals surface area contributed by atoms with Gasteiger partial charge in [0, 0.05) is 44.8 Å². The van der Waals surface area contributed by atoms with E-state index in [0.717, 1.165) is 17.5 Å². The summed E-state index contributed by atoms with van der Waals surface area (Å²) in [6, 6.07) is 6.78. The average molecular weight is 422 g/mol. The Hall–Kier alpha value is -3.68. The summed E-state index contributed by atoms with van der Waals surface area (Å²) < 4.78 is 6.54. The van der Waals surface area contributed by atoms with E-state index in [1.807, 2.05) is 62.3 Å². The number of ether oxygens (including phenoxy) is 1. The van der Waals surface area contributed by atoms with Gasteiger partial charge in [0.15, 0.2) is 5.82 Å². The number of allylic oxidation sites excluding steroid dienone is 2. The van der Waals surface area contributed by atoms with Crippen LogP contribution in [0.25, 0.3) is 5.70 Å². The maximum atomic E-state index is 13.3. The van der Waals surface area contributed by atoms with Gasteiger partial charge in [-0.15, -0.1) is 0 Å². The lowest BCUT2D eigenvalue weighted by atomic mass is 10.0. The number of hydrogen-bond donors (Lipinski definition) is 0. The van der Waals surface area contributed by atoms with Crippen LogP contribution in [0, 0.1) is 0 Å². The summed E-state index contributed by atoms with van der Waals surface area (Å²) in [5.74, 6) is -0.238. The minimum atomic E-state index is -0.686. The van der Waals surface area contributed by atoms with Gasteiger partial charge < -0.3 is 14.5 Å². The number of nitrogens with zero attached hydrogens (tertiary/aromatic N) is 4. The van der Waals surface area contributed by atoms with Crippen LogP contribution in [0.2, 0.25) is 0 Å². The number of aromatic nitrogens is 2. The van der Waals surface area contributed by atoms with Gasteiger partial charge in [-0.05, 0) is 49.8 Å². The lowest BCUT2D eigenvalue weighted by Crippen LogP contribution is -2.37. The third-order valence-corrected chi connectivity index (χ3v) is 5.08. The number of aldehydes is 1. The van der Waals surface area contributed by atoms with Crippen molar-refractivity contribution in [2.45, 2.75) is 19.9 Å². The third kappa shape index (κ3) is 4.28. The molecule has 0 fully saturated rings. The van der Waals surface area contributed by atoms with Crippen molar-refractivity contribution in [2.24, 2.45) is 0 Å². The predicted molar refractivity (Wildman–Crippen MR) is 119 cm³/mol. The largest absolute Gasteiger partial charge is 0.462 e. The Morgan fingerprint density at radius 2 is 1.90 bits per heavy atom. The second-order valence-electron chi connectivity index (χ2n) is 7.46. The van der Waals surface area contributed by atoms with E-state index < -0.39 is 11.5 Å². The van der Waals surface area contributed by atoms with E-state index in [9.17, 15) is 14.4 Å². The number of carbonyl (C=O) groups excluding carboxylic acids is 2. The van der Waals surface area contributed by atoms with Gasteiger partial charge in [0.1, 0.15) is 11.8 Å². The zero-order valence-corrected chi connectivity index (χ0v) is 18.3. The summed E-state index contributed by atoms with van der Waals surface area (Å²) in [5.41, 5.74) is 2.43. The van der Waals surface area contributed by atoms with Crippen molar-refractivity contribution in [3.8, 4) is 0 Å². The summed E-state index contributed by atoms with van der Waals surface area (Å²) in [4.78, 5) is 44.8. The molecule has 0 radical (unpaired) electrons. The van der Waals surface area contributed by atoms with Crippen LogP contribution >= 0.6 is 0 Å². The molecule has 0 saturated heterocycles. The highest BCUT2D eigenvalue weighted by Gasteiger charge is 2.29. The lowest BCUT2D eigenvalue weighted by molar-refractivity contribution is 0.0522. The van der Waals surface area contributed by atoms with Crippen molar-refractivity contribution in [3.63, 3.8) is 0 Å². The van der Waals surface area contributed by atoms with Crippen molar-refractivity contribution >= 4 is 23.6 Å². The Labute approximate surface area is 181 Å². The van der Waals surface area contributed by atoms with Gasteiger partial charge >= 0.3 is 5.97 Å². The molecule has 1 atom stereocenters. The molecule has 3 rings (SSSR count). The third-order valence-electron chi connectivity index (χ3n) is 5.08. The first-order valence-electron chi connectivity index (χ1n) is 9.96. The quantitative estimate of drug-likeness (QED) is 0.523. The lowest BCUT2D eigenvalue weighted by Gasteiger charge is -2.32. The van der Waals surface area contributed by atoms with Gasteiger partial charge in [0.25, 0.3) is 5.56 Å². The van der Waals surface area contributed by atoms with Crippen LogP contribution in [0.5, 0.6) is 0 Å². The average Bonchev–Trinajstić information content (AvgIpc) is 2.75. The number of esters is 1. The molecular formula is C23H26N4O4. The molecule has 2 aromatic rings. The number of fused-ring (bicyclic) bond motifs is 1. The second-order valence-corrected chi connectivity index (χ2v) is 7.46. The molecule has 1 aliphatic heterocycles. The highest BCUT2D eigenvalue weighted by atomic mass is 16.5. The van der Waals surface area contributed by atoms with Crippen molar-refractivity contribution < 1.29 is 14.3 Å². The van der Waals surface area contributed by atoms with Crippen molar-refractivity contribution in [2.75, 3.05) is 32.6 Å². The first kappa shape index (κ1) is 22.0. The van der Waals surface area contributed by atoms with Crippen LogP contribution in [0.1, 0.15) is 46.4 Å². The van der Waals surface area contributed by atoms with Gasteiger partial charge in [-0.25, -0.2) is 9.78 Å². The maximum Gasteiger partial charge on any atom is 0.345 e. The highest BCUT2D eigenvalue weighted by molar-refractivity contribution is 5.89. The summed E-state index contributed by atoms with van der Waals surface area (Å²) in [7, 11) is 5.67. The maximum absolute atomic E-state index is 13.3. The molecule has 0 bridgehead atoms. The van der Waals surface area contributed by atoms with Gasteiger partial charge in [-0.3, -0.25) is 14.2 Å². The molecule has 0 saturated carbocycles. The van der Waals surface area contributed by atoms with Crippen LogP contribution in [-0.4, -0.2) is 54.5 Å². The molecule has 162 valence electrons. The Balaban J connectivity index is 2.19. The zero-order chi connectivity index (χ0) is 22.7. The Morgan fingerprint density at radius 3 is 2.48 bits per heavy atom. The van der Waals surface area contributed by atoms with Gasteiger partial charge in [-0.1, -0.05) is 0 Å². The van der Waals surface area contributed by atoms with Crippen LogP contribution in [-0.2, 0) is 4.74 Å². The minimum Gasteiger partial charge on any atom is -0.462 e. The molecule has 0 aliphatic carbocycles. The van der Waals surface area contributed by atoms with Crippen LogP contribution in [0.3, 0.4) is 0 Å². The summed E-state index contributed by atoms with van der Waals surface area (Å²) in [6.07, 6.45) is 5.97. The number of anilines is 1. The van der Waals surface area contributed by atoms with E-state index in [0.29, 0.717) is 17.1 Å². The number of carbonyl (C=O) groups is 2. The molecule has 8 nitrogen and oxygen atoms in total. The molecule has 1 aliphatic rings. The molecule has 0 N–H and O–H groups in total. The minimum absolute atomic E-state index is 0.0964. The van der Waals surface area contributed by atoms with Gasteiger partial charge in [0.2, 0.25) is 0 Å². The van der Waals surface area contributed by atoms with E-state index in [1.54, 1.807) is 19.1 Å². The van der Waals surface area contributed by atoms with Crippen LogP contribution < -0.4 is 10.5 Å². The molecular weight excluding hydrogens is 396 g/mol. The Morgan fingerprint density at radius 1 is 1.23 bits per heavy atom. The molecule has 1 unspecified atom stereocenters. The predicted octanol–water partition coefficient (Wildman–Crippen LogP) is 2.73. The van der Waals surface area contributed by atoms with Gasteiger partial charge in [0.05, 0.1) is 18.3 Å². The Kier molecular flexibility index (Phi) is 6.39. The van der Waals surface area contributed by atoms with E-state index in [-0.39, 0.29) is 18.2 Å².